The molecule has 0 unspecified atom stereocenters. The molecule has 2 aromatic carbocycles. The molecular weight excluding hydrogens is 565 g/mol. The molecule has 0 atom stereocenters. The lowest BCUT2D eigenvalue weighted by Crippen LogP contribution is -2.40. The monoisotopic (exact) mass is 587 g/mol. The summed E-state index contributed by atoms with van der Waals surface area (Å²) in [4.78, 5) is 8.72. The quantitative estimate of drug-likeness (QED) is 0.195. The predicted octanol–water partition coefficient (Wildman–Crippen LogP) is 6.98. The molecule has 2 saturated carbocycles. The zero-order valence-corrected chi connectivity index (χ0v) is 22.3. The van der Waals surface area contributed by atoms with Crippen molar-refractivity contribution in [1.82, 2.24) is 9.97 Å². The van der Waals surface area contributed by atoms with Crippen LogP contribution in [-0.4, -0.2) is 32.5 Å². The van der Waals surface area contributed by atoms with Crippen molar-refractivity contribution in [2.45, 2.75) is 37.2 Å². The van der Waals surface area contributed by atoms with Crippen LogP contribution in [-0.2, 0) is 5.60 Å². The Kier molecular flexibility index (Phi) is 7.10. The second kappa shape index (κ2) is 10.1. The van der Waals surface area contributed by atoms with Gasteiger partial charge in [-0.3, -0.25) is 10.4 Å². The number of allylic oxidation sites excluding steroid dienone is 1. The van der Waals surface area contributed by atoms with Crippen LogP contribution in [0.5, 0.6) is 5.88 Å². The Morgan fingerprint density at radius 2 is 1.78 bits per heavy atom. The van der Waals surface area contributed by atoms with Gasteiger partial charge in [-0.15, -0.1) is 0 Å². The minimum absolute atomic E-state index is 0.00437. The van der Waals surface area contributed by atoms with E-state index in [1.165, 1.54) is 18.0 Å². The summed E-state index contributed by atoms with van der Waals surface area (Å²) in [5.41, 5.74) is 1.32. The first-order valence-electron chi connectivity index (χ1n) is 11.6. The number of nitrogens with zero attached hydrogens (tertiary/aromatic N) is 2. The Hall–Kier alpha value is -2.45. The molecule has 1 heterocycles. The molecule has 2 fully saturated rings. The van der Waals surface area contributed by atoms with Gasteiger partial charge in [0.1, 0.15) is 18.0 Å². The first-order valence-corrected chi connectivity index (χ1v) is 13.2. The first kappa shape index (κ1) is 25.2. The van der Waals surface area contributed by atoms with Crippen LogP contribution in [0.15, 0.2) is 70.7 Å². The molecule has 0 aliphatic heterocycles. The number of aliphatic hydroxyl groups excluding tert-OH is 1. The molecule has 9 heteroatoms. The van der Waals surface area contributed by atoms with Gasteiger partial charge in [0, 0.05) is 16.0 Å². The summed E-state index contributed by atoms with van der Waals surface area (Å²) in [7, 11) is 0. The highest BCUT2D eigenvalue weighted by Gasteiger charge is 2.46. The lowest BCUT2D eigenvalue weighted by Gasteiger charge is -2.43. The largest absolute Gasteiger partial charge is 0.512 e. The van der Waals surface area contributed by atoms with Crippen molar-refractivity contribution in [2.75, 3.05) is 6.61 Å². The lowest BCUT2D eigenvalue weighted by atomic mass is 9.66. The van der Waals surface area contributed by atoms with Crippen LogP contribution >= 0.6 is 39.1 Å². The highest BCUT2D eigenvalue weighted by Crippen LogP contribution is 2.50. The standard InChI is InChI=1S/C27H24BrCl2N3O3/c28-18-4-1-3-16(9-18)17-10-27(35,11-17)22-12-33-23(13-32-22)36-14-19(26(34)15-7-8-15)25(31)24-20(29)5-2-6-21(24)30/h1-6,9,12-13,15,17,31,34-35H,7-8,10-11,14H2/b26-19-,31-25?. The molecule has 186 valence electrons. The van der Waals surface area contributed by atoms with Gasteiger partial charge in [-0.25, -0.2) is 4.98 Å². The highest BCUT2D eigenvalue weighted by atomic mass is 79.9. The molecule has 0 spiro atoms. The Labute approximate surface area is 227 Å². The fourth-order valence-electron chi connectivity index (χ4n) is 4.50. The summed E-state index contributed by atoms with van der Waals surface area (Å²) in [5, 5.41) is 31.2. The maximum Gasteiger partial charge on any atom is 0.232 e. The third-order valence-electron chi connectivity index (χ3n) is 6.75. The summed E-state index contributed by atoms with van der Waals surface area (Å²) in [5.74, 6) is 0.600. The Morgan fingerprint density at radius 3 is 2.39 bits per heavy atom. The number of rotatable bonds is 8. The number of aromatic nitrogens is 2. The van der Waals surface area contributed by atoms with Gasteiger partial charge in [0.25, 0.3) is 0 Å². The van der Waals surface area contributed by atoms with E-state index in [1.54, 1.807) is 18.2 Å². The van der Waals surface area contributed by atoms with E-state index >= 15 is 0 Å². The first-order chi connectivity index (χ1) is 17.2. The number of aliphatic hydroxyl groups is 2. The van der Waals surface area contributed by atoms with Crippen LogP contribution in [0, 0.1) is 11.3 Å². The van der Waals surface area contributed by atoms with Crippen molar-refractivity contribution in [3.63, 3.8) is 0 Å². The molecule has 36 heavy (non-hydrogen) atoms. The summed E-state index contributed by atoms with van der Waals surface area (Å²) in [6.07, 6.45) is 5.82. The van der Waals surface area contributed by atoms with Gasteiger partial charge < -0.3 is 14.9 Å². The van der Waals surface area contributed by atoms with E-state index in [9.17, 15) is 10.2 Å². The summed E-state index contributed by atoms with van der Waals surface area (Å²) < 4.78 is 6.82. The Bertz CT molecular complexity index is 1320. The number of nitrogens with one attached hydrogen (secondary N) is 1. The van der Waals surface area contributed by atoms with E-state index in [0.29, 0.717) is 39.7 Å². The predicted molar refractivity (Wildman–Crippen MR) is 143 cm³/mol. The van der Waals surface area contributed by atoms with Gasteiger partial charge >= 0.3 is 0 Å². The molecule has 5 rings (SSSR count). The van der Waals surface area contributed by atoms with E-state index in [1.807, 2.05) is 12.1 Å². The molecule has 6 nitrogen and oxygen atoms in total. The summed E-state index contributed by atoms with van der Waals surface area (Å²) in [6, 6.07) is 13.1. The number of halogens is 3. The third kappa shape index (κ3) is 5.16. The van der Waals surface area contributed by atoms with Crippen molar-refractivity contribution in [1.29, 1.82) is 5.41 Å². The van der Waals surface area contributed by atoms with Crippen LogP contribution < -0.4 is 4.74 Å². The van der Waals surface area contributed by atoms with Gasteiger partial charge in [-0.2, -0.15) is 0 Å². The van der Waals surface area contributed by atoms with Crippen LogP contribution in [0.4, 0.5) is 0 Å². The molecule has 3 N–H and O–H groups in total. The fraction of sp³-hybridized carbons (Fsp3) is 0.296. The zero-order valence-electron chi connectivity index (χ0n) is 19.2. The zero-order chi connectivity index (χ0) is 25.4. The highest BCUT2D eigenvalue weighted by molar-refractivity contribution is 9.10. The van der Waals surface area contributed by atoms with Crippen LogP contribution in [0.2, 0.25) is 10.0 Å². The SMILES string of the molecule is N=C(/C(COc1cnc(C2(O)CC(c3cccc(Br)c3)C2)cn1)=C(\O)C1CC1)c1c(Cl)cccc1Cl. The number of hydrogen-bond donors (Lipinski definition) is 3. The van der Waals surface area contributed by atoms with Gasteiger partial charge in [0.2, 0.25) is 5.88 Å². The average Bonchev–Trinajstić information content (AvgIpc) is 3.68. The molecule has 0 saturated heterocycles. The van der Waals surface area contributed by atoms with Crippen molar-refractivity contribution in [3.8, 4) is 5.88 Å². The summed E-state index contributed by atoms with van der Waals surface area (Å²) in [6.45, 7) is -0.0913. The number of benzene rings is 2. The third-order valence-corrected chi connectivity index (χ3v) is 7.87. The molecule has 0 radical (unpaired) electrons. The summed E-state index contributed by atoms with van der Waals surface area (Å²) >= 11 is 16.1. The topological polar surface area (TPSA) is 99.3 Å². The minimum Gasteiger partial charge on any atom is -0.512 e. The average molecular weight is 589 g/mol. The minimum atomic E-state index is -1.03. The number of ether oxygens (including phenoxy) is 1. The molecule has 2 aliphatic rings. The van der Waals surface area contributed by atoms with Crippen molar-refractivity contribution in [3.05, 3.63) is 97.5 Å². The van der Waals surface area contributed by atoms with E-state index in [2.05, 4.69) is 38.0 Å². The smallest absolute Gasteiger partial charge is 0.232 e. The molecule has 2 aliphatic carbocycles. The van der Waals surface area contributed by atoms with E-state index in [4.69, 9.17) is 33.3 Å². The fourth-order valence-corrected chi connectivity index (χ4v) is 5.51. The second-order valence-corrected chi connectivity index (χ2v) is 11.1. The Morgan fingerprint density at radius 1 is 1.08 bits per heavy atom. The van der Waals surface area contributed by atoms with Crippen LogP contribution in [0.1, 0.15) is 48.4 Å². The van der Waals surface area contributed by atoms with Crippen molar-refractivity contribution in [2.24, 2.45) is 5.92 Å². The normalized spacial score (nSPS) is 21.9. The maximum absolute atomic E-state index is 11.0. The molecule has 0 bridgehead atoms. The van der Waals surface area contributed by atoms with E-state index in [-0.39, 0.29) is 35.8 Å². The van der Waals surface area contributed by atoms with Crippen LogP contribution in [0.25, 0.3) is 0 Å². The van der Waals surface area contributed by atoms with Gasteiger partial charge in [0.15, 0.2) is 0 Å². The number of hydrogen-bond acceptors (Lipinski definition) is 6. The molecule has 3 aromatic rings. The molecule has 1 aromatic heterocycles. The van der Waals surface area contributed by atoms with Gasteiger partial charge in [-0.1, -0.05) is 57.3 Å². The second-order valence-electron chi connectivity index (χ2n) is 9.33. The molecular formula is C27H24BrCl2N3O3. The molecule has 0 amide bonds. The van der Waals surface area contributed by atoms with Gasteiger partial charge in [0.05, 0.1) is 39.4 Å². The Balaban J connectivity index is 1.28. The van der Waals surface area contributed by atoms with Crippen LogP contribution in [0.3, 0.4) is 0 Å². The van der Waals surface area contributed by atoms with Crippen molar-refractivity contribution >= 4 is 44.8 Å². The lowest BCUT2D eigenvalue weighted by molar-refractivity contribution is -0.0590. The van der Waals surface area contributed by atoms with E-state index < -0.39 is 5.60 Å². The van der Waals surface area contributed by atoms with Crippen molar-refractivity contribution < 1.29 is 14.9 Å². The maximum atomic E-state index is 11.0. The van der Waals surface area contributed by atoms with Gasteiger partial charge in [-0.05, 0) is 61.4 Å². The van der Waals surface area contributed by atoms with E-state index in [0.717, 1.165) is 17.3 Å².